The molecule has 8 nitrogen and oxygen atoms in total. The van der Waals surface area contributed by atoms with E-state index in [1.54, 1.807) is 0 Å². The van der Waals surface area contributed by atoms with Crippen LogP contribution in [0.5, 0.6) is 5.75 Å². The van der Waals surface area contributed by atoms with E-state index in [9.17, 15) is 0 Å². The van der Waals surface area contributed by atoms with Crippen LogP contribution in [0.2, 0.25) is 0 Å². The highest BCUT2D eigenvalue weighted by Gasteiger charge is 2.18. The van der Waals surface area contributed by atoms with Crippen molar-refractivity contribution < 1.29 is 4.74 Å². The summed E-state index contributed by atoms with van der Waals surface area (Å²) in [6.45, 7) is 12.4. The lowest BCUT2D eigenvalue weighted by Crippen LogP contribution is -2.45. The molecule has 3 aromatic rings. The van der Waals surface area contributed by atoms with Crippen molar-refractivity contribution in [2.45, 2.75) is 20.8 Å². The van der Waals surface area contributed by atoms with E-state index in [1.807, 2.05) is 24.3 Å². The van der Waals surface area contributed by atoms with Gasteiger partial charge in [-0.15, -0.1) is 10.2 Å². The van der Waals surface area contributed by atoms with Crippen molar-refractivity contribution in [1.29, 1.82) is 0 Å². The number of hydrogen-bond acceptors (Lipinski definition) is 8. The highest BCUT2D eigenvalue weighted by Crippen LogP contribution is 2.29. The molecule has 0 amide bonds. The number of anilines is 2. The first-order valence-corrected chi connectivity index (χ1v) is 12.2. The Labute approximate surface area is 207 Å². The Morgan fingerprint density at radius 1 is 1.00 bits per heavy atom. The molecule has 0 spiro atoms. The van der Waals surface area contributed by atoms with Crippen LogP contribution in [-0.4, -0.2) is 84.5 Å². The van der Waals surface area contributed by atoms with E-state index in [1.165, 1.54) is 11.0 Å². The number of ether oxygens (including phenoxy) is 1. The van der Waals surface area contributed by atoms with Gasteiger partial charge >= 0.3 is 0 Å². The van der Waals surface area contributed by atoms with Crippen molar-refractivity contribution in [3.05, 3.63) is 53.0 Å². The molecule has 0 aliphatic carbocycles. The van der Waals surface area contributed by atoms with Gasteiger partial charge in [0.05, 0.1) is 5.52 Å². The van der Waals surface area contributed by atoms with Gasteiger partial charge in [-0.1, -0.05) is 5.47 Å². The third kappa shape index (κ3) is 5.36. The lowest BCUT2D eigenvalue weighted by molar-refractivity contribution is 0.134. The van der Waals surface area contributed by atoms with E-state index < -0.39 is 0 Å². The summed E-state index contributed by atoms with van der Waals surface area (Å²) in [5.74, 6) is 1.34. The summed E-state index contributed by atoms with van der Waals surface area (Å²) in [5.41, 5.74) is 8.30. The molecule has 2 aliphatic heterocycles. The van der Waals surface area contributed by atoms with Crippen LogP contribution in [0.4, 0.5) is 11.6 Å². The van der Waals surface area contributed by atoms with Crippen LogP contribution in [-0.2, 0) is 0 Å². The molecule has 2 aliphatic rings. The van der Waals surface area contributed by atoms with Gasteiger partial charge < -0.3 is 19.9 Å². The van der Waals surface area contributed by atoms with Crippen molar-refractivity contribution in [3.63, 3.8) is 0 Å². The quantitative estimate of drug-likeness (QED) is 0.533. The molecule has 0 bridgehead atoms. The molecule has 0 radical (unpaired) electrons. The van der Waals surface area contributed by atoms with Gasteiger partial charge in [-0.3, -0.25) is 4.90 Å². The standard InChI is InChI=1S/C26H32BN7O/c1-17-15-20(24-18(2)27-30-19(24)3)16-23-25(17)29-26(32-31-23)28-21-5-7-22(8-6-21)35-14-13-34-11-9-33(4)10-12-34/h5-8,15-16,27H,9-14H2,1-4H3,(H,28,29,32). The molecule has 5 rings (SSSR count). The number of fused-ring (bicyclic) bond motifs is 1. The second-order valence-electron chi connectivity index (χ2n) is 9.50. The van der Waals surface area contributed by atoms with Crippen molar-refractivity contribution in [3.8, 4) is 5.75 Å². The fraction of sp³-hybridized carbons (Fsp3) is 0.385. The molecule has 1 saturated heterocycles. The normalized spacial score (nSPS) is 17.0. The molecule has 3 heterocycles. The van der Waals surface area contributed by atoms with Gasteiger partial charge in [0, 0.05) is 44.1 Å². The maximum Gasteiger partial charge on any atom is 0.291 e. The van der Waals surface area contributed by atoms with Crippen LogP contribution < -0.4 is 10.1 Å². The SMILES string of the molecule is CC1=NBC(C)=C1c1cc(C)c2nc(Nc3ccc(OCCN4CCN(C)CC4)cc3)nnc2c1. The van der Waals surface area contributed by atoms with Crippen LogP contribution in [0.15, 0.2) is 46.8 Å². The Morgan fingerprint density at radius 2 is 1.77 bits per heavy atom. The lowest BCUT2D eigenvalue weighted by Gasteiger charge is -2.32. The van der Waals surface area contributed by atoms with E-state index in [0.29, 0.717) is 12.6 Å². The average Bonchev–Trinajstić information content (AvgIpc) is 3.19. The summed E-state index contributed by atoms with van der Waals surface area (Å²) in [6.07, 6.45) is 0. The van der Waals surface area contributed by atoms with Crippen molar-refractivity contribution in [2.75, 3.05) is 51.7 Å². The number of hydrogen-bond donors (Lipinski definition) is 1. The molecule has 2 aromatic carbocycles. The summed E-state index contributed by atoms with van der Waals surface area (Å²) in [6, 6.07) is 12.1. The van der Waals surface area contributed by atoms with Crippen LogP contribution in [0, 0.1) is 6.92 Å². The number of nitrogens with one attached hydrogen (secondary N) is 1. The number of allylic oxidation sites excluding steroid dienone is 2. The van der Waals surface area contributed by atoms with Gasteiger partial charge in [-0.25, -0.2) is 4.98 Å². The smallest absolute Gasteiger partial charge is 0.291 e. The zero-order chi connectivity index (χ0) is 24.4. The van der Waals surface area contributed by atoms with Crippen LogP contribution >= 0.6 is 0 Å². The Morgan fingerprint density at radius 3 is 2.49 bits per heavy atom. The molecule has 0 unspecified atom stereocenters. The number of likely N-dealkylation sites (N-methyl/N-ethyl adjacent to an activating group) is 1. The summed E-state index contributed by atoms with van der Waals surface area (Å²) in [7, 11) is 2.94. The van der Waals surface area contributed by atoms with Gasteiger partial charge in [-0.05, 0) is 80.9 Å². The zero-order valence-corrected chi connectivity index (χ0v) is 21.0. The number of rotatable bonds is 7. The predicted octanol–water partition coefficient (Wildman–Crippen LogP) is 3.26. The minimum Gasteiger partial charge on any atom is -0.492 e. The average molecular weight is 469 g/mol. The number of nitrogens with zero attached hydrogens (tertiary/aromatic N) is 6. The third-order valence-corrected chi connectivity index (χ3v) is 6.76. The number of piperazine rings is 1. The van der Waals surface area contributed by atoms with Crippen molar-refractivity contribution in [2.24, 2.45) is 4.90 Å². The first-order chi connectivity index (χ1) is 17.0. The molecule has 0 saturated carbocycles. The fourth-order valence-electron chi connectivity index (χ4n) is 4.70. The maximum absolute atomic E-state index is 5.94. The van der Waals surface area contributed by atoms with Crippen LogP contribution in [0.25, 0.3) is 16.6 Å². The van der Waals surface area contributed by atoms with Gasteiger partial charge in [0.1, 0.15) is 17.9 Å². The Bertz CT molecular complexity index is 1280. The first kappa shape index (κ1) is 23.4. The second-order valence-corrected chi connectivity index (χ2v) is 9.50. The zero-order valence-electron chi connectivity index (χ0n) is 21.0. The third-order valence-electron chi connectivity index (χ3n) is 6.76. The predicted molar refractivity (Wildman–Crippen MR) is 144 cm³/mol. The molecule has 1 N–H and O–H groups in total. The molecular weight excluding hydrogens is 437 g/mol. The van der Waals surface area contributed by atoms with Crippen molar-refractivity contribution in [1.82, 2.24) is 25.0 Å². The monoisotopic (exact) mass is 469 g/mol. The Balaban J connectivity index is 1.22. The van der Waals surface area contributed by atoms with E-state index in [4.69, 9.17) is 9.72 Å². The molecule has 1 fully saturated rings. The topological polar surface area (TPSA) is 78.8 Å². The molecule has 0 atom stereocenters. The van der Waals surface area contributed by atoms with Gasteiger partial charge in [-0.2, -0.15) is 0 Å². The summed E-state index contributed by atoms with van der Waals surface area (Å²) in [5, 5.41) is 12.0. The molecular formula is C26H32BN7O. The number of benzene rings is 2. The number of aromatic nitrogens is 3. The maximum atomic E-state index is 5.94. The largest absolute Gasteiger partial charge is 0.492 e. The van der Waals surface area contributed by atoms with Crippen LogP contribution in [0.3, 0.4) is 0 Å². The first-order valence-electron chi connectivity index (χ1n) is 12.2. The van der Waals surface area contributed by atoms with Gasteiger partial charge in [0.25, 0.3) is 7.41 Å². The van der Waals surface area contributed by atoms with Crippen molar-refractivity contribution >= 4 is 41.4 Å². The molecule has 180 valence electrons. The molecule has 1 aromatic heterocycles. The minimum atomic E-state index is 0.478. The second kappa shape index (κ2) is 10.1. The van der Waals surface area contributed by atoms with E-state index in [-0.39, 0.29) is 0 Å². The Hall–Kier alpha value is -3.30. The van der Waals surface area contributed by atoms with E-state index in [0.717, 1.165) is 79.4 Å². The van der Waals surface area contributed by atoms with E-state index >= 15 is 0 Å². The molecule has 35 heavy (non-hydrogen) atoms. The van der Waals surface area contributed by atoms with E-state index in [2.05, 4.69) is 70.2 Å². The summed E-state index contributed by atoms with van der Waals surface area (Å²) < 4.78 is 5.94. The van der Waals surface area contributed by atoms with Gasteiger partial charge in [0.15, 0.2) is 0 Å². The highest BCUT2D eigenvalue weighted by atomic mass is 16.5. The van der Waals surface area contributed by atoms with Gasteiger partial charge in [0.2, 0.25) is 5.95 Å². The Kier molecular flexibility index (Phi) is 6.79. The summed E-state index contributed by atoms with van der Waals surface area (Å²) in [4.78, 5) is 14.1. The van der Waals surface area contributed by atoms with Crippen LogP contribution in [0.1, 0.15) is 25.0 Å². The molecule has 9 heteroatoms. The lowest BCUT2D eigenvalue weighted by atomic mass is 9.82. The fourth-order valence-corrected chi connectivity index (χ4v) is 4.70. The highest BCUT2D eigenvalue weighted by molar-refractivity contribution is 6.57. The summed E-state index contributed by atoms with van der Waals surface area (Å²) >= 11 is 0. The number of aryl methyl sites for hydroxylation is 1. The minimum absolute atomic E-state index is 0.478.